The van der Waals surface area contributed by atoms with Gasteiger partial charge < -0.3 is 0 Å². The van der Waals surface area contributed by atoms with E-state index in [1.54, 1.807) is 0 Å². The van der Waals surface area contributed by atoms with E-state index in [2.05, 4.69) is 59.7 Å². The molecule has 0 saturated carbocycles. The Morgan fingerprint density at radius 2 is 1.83 bits per heavy atom. The first-order chi connectivity index (χ1) is 5.68. The third-order valence-corrected chi connectivity index (χ3v) is 4.15. The van der Waals surface area contributed by atoms with Crippen LogP contribution in [0.2, 0.25) is 0 Å². The molecule has 0 heterocycles. The van der Waals surface area contributed by atoms with Crippen molar-refractivity contribution in [2.75, 3.05) is 0 Å². The summed E-state index contributed by atoms with van der Waals surface area (Å²) in [5, 5.41) is 1.50. The van der Waals surface area contributed by atoms with Gasteiger partial charge in [-0.3, -0.25) is 0 Å². The third-order valence-electron chi connectivity index (χ3n) is 1.66. The lowest BCUT2D eigenvalue weighted by Gasteiger charge is -1.96. The van der Waals surface area contributed by atoms with Gasteiger partial charge in [0.25, 0.3) is 0 Å². The van der Waals surface area contributed by atoms with Crippen molar-refractivity contribution in [1.29, 1.82) is 0 Å². The summed E-state index contributed by atoms with van der Waals surface area (Å²) < 4.78 is 1.16. The highest BCUT2D eigenvalue weighted by molar-refractivity contribution is 9.10. The molecule has 0 amide bonds. The molecule has 0 aliphatic rings. The topological polar surface area (TPSA) is 0 Å². The summed E-state index contributed by atoms with van der Waals surface area (Å²) in [4.78, 5) is 0. The highest BCUT2D eigenvalue weighted by Crippen LogP contribution is 2.04. The predicted octanol–water partition coefficient (Wildman–Crippen LogP) is 2.17. The summed E-state index contributed by atoms with van der Waals surface area (Å²) in [7, 11) is -0.158. The number of hydrogen-bond acceptors (Lipinski definition) is 0. The van der Waals surface area contributed by atoms with Gasteiger partial charge in [-0.25, -0.2) is 0 Å². The molecule has 1 aromatic carbocycles. The molecule has 0 N–H and O–H groups in total. The number of halogens is 1. The Labute approximate surface area is 84.6 Å². The monoisotopic (exact) mass is 240 g/mol. The van der Waals surface area contributed by atoms with Crippen LogP contribution in [0.3, 0.4) is 0 Å². The standard InChI is InChI=1S/C10H13BrSi/c1-8(2)7-12-10-5-3-9(11)4-6-10/h3-7H,12H2,1-2H3. The molecule has 64 valence electrons. The van der Waals surface area contributed by atoms with Crippen molar-refractivity contribution in [2.24, 2.45) is 0 Å². The average Bonchev–Trinajstić information content (AvgIpc) is 2.03. The maximum atomic E-state index is 3.43. The molecule has 0 radical (unpaired) electrons. The van der Waals surface area contributed by atoms with Gasteiger partial charge in [-0.1, -0.05) is 44.5 Å². The van der Waals surface area contributed by atoms with Crippen LogP contribution in [0.1, 0.15) is 13.8 Å². The van der Waals surface area contributed by atoms with Crippen molar-refractivity contribution in [3.63, 3.8) is 0 Å². The molecule has 0 bridgehead atoms. The summed E-state index contributed by atoms with van der Waals surface area (Å²) in [5.41, 5.74) is 3.81. The highest BCUT2D eigenvalue weighted by Gasteiger charge is 1.90. The third kappa shape index (κ3) is 3.37. The van der Waals surface area contributed by atoms with Gasteiger partial charge in [0.05, 0.1) is 9.52 Å². The van der Waals surface area contributed by atoms with E-state index in [1.165, 1.54) is 10.8 Å². The quantitative estimate of drug-likeness (QED) is 0.696. The Kier molecular flexibility index (Phi) is 3.76. The van der Waals surface area contributed by atoms with Crippen LogP contribution in [0.25, 0.3) is 0 Å². The van der Waals surface area contributed by atoms with Crippen molar-refractivity contribution in [3.05, 3.63) is 40.0 Å². The Bertz CT molecular complexity index is 270. The molecule has 2 heteroatoms. The van der Waals surface area contributed by atoms with Crippen molar-refractivity contribution >= 4 is 30.6 Å². The zero-order chi connectivity index (χ0) is 8.97. The molecule has 0 aliphatic carbocycles. The summed E-state index contributed by atoms with van der Waals surface area (Å²) in [5.74, 6) is 0. The zero-order valence-corrected chi connectivity index (χ0v) is 10.5. The van der Waals surface area contributed by atoms with Crippen LogP contribution < -0.4 is 5.19 Å². The van der Waals surface area contributed by atoms with Crippen molar-refractivity contribution in [2.45, 2.75) is 13.8 Å². The summed E-state index contributed by atoms with van der Waals surface area (Å²) in [6.45, 7) is 4.32. The smallest absolute Gasteiger partial charge is 0.0782 e. The van der Waals surface area contributed by atoms with Crippen molar-refractivity contribution < 1.29 is 0 Å². The zero-order valence-electron chi connectivity index (χ0n) is 7.47. The van der Waals surface area contributed by atoms with Crippen LogP contribution in [0.15, 0.2) is 40.0 Å². The number of rotatable bonds is 2. The molecule has 1 rings (SSSR count). The Balaban J connectivity index is 2.65. The molecule has 12 heavy (non-hydrogen) atoms. The SMILES string of the molecule is CC(C)=C[SiH2]c1ccc(Br)cc1. The predicted molar refractivity (Wildman–Crippen MR) is 61.8 cm³/mol. The second kappa shape index (κ2) is 4.63. The summed E-state index contributed by atoms with van der Waals surface area (Å²) >= 11 is 3.43. The lowest BCUT2D eigenvalue weighted by molar-refractivity contribution is 1.41. The van der Waals surface area contributed by atoms with Gasteiger partial charge in [-0.2, -0.15) is 0 Å². The molecule has 0 saturated heterocycles. The molecule has 0 aliphatic heterocycles. The molecular weight excluding hydrogens is 228 g/mol. The van der Waals surface area contributed by atoms with Crippen LogP contribution >= 0.6 is 15.9 Å². The lowest BCUT2D eigenvalue weighted by atomic mass is 10.4. The van der Waals surface area contributed by atoms with Crippen LogP contribution in [-0.4, -0.2) is 9.52 Å². The van der Waals surface area contributed by atoms with E-state index < -0.39 is 0 Å². The normalized spacial score (nSPS) is 10.6. The maximum absolute atomic E-state index is 3.43. The fraction of sp³-hybridized carbons (Fsp3) is 0.200. The van der Waals surface area contributed by atoms with Gasteiger partial charge in [-0.05, 0) is 26.0 Å². The van der Waals surface area contributed by atoms with E-state index in [0.717, 1.165) is 4.47 Å². The second-order valence-electron chi connectivity index (χ2n) is 3.11. The van der Waals surface area contributed by atoms with Crippen molar-refractivity contribution in [1.82, 2.24) is 0 Å². The first kappa shape index (κ1) is 9.74. The molecule has 0 unspecified atom stereocenters. The second-order valence-corrected chi connectivity index (χ2v) is 5.66. The molecule has 0 atom stereocenters. The van der Waals surface area contributed by atoms with E-state index >= 15 is 0 Å². The summed E-state index contributed by atoms with van der Waals surface area (Å²) in [6, 6.07) is 8.63. The van der Waals surface area contributed by atoms with Crippen LogP contribution in [0.4, 0.5) is 0 Å². The number of hydrogen-bond donors (Lipinski definition) is 0. The Hall–Kier alpha value is -0.343. The van der Waals surface area contributed by atoms with E-state index in [-0.39, 0.29) is 9.52 Å². The van der Waals surface area contributed by atoms with Crippen LogP contribution in [-0.2, 0) is 0 Å². The van der Waals surface area contributed by atoms with Gasteiger partial charge in [0.15, 0.2) is 0 Å². The molecule has 0 aromatic heterocycles. The fourth-order valence-corrected chi connectivity index (χ4v) is 2.36. The van der Waals surface area contributed by atoms with E-state index in [0.29, 0.717) is 0 Å². The number of allylic oxidation sites excluding steroid dienone is 1. The van der Waals surface area contributed by atoms with Gasteiger partial charge in [0.1, 0.15) is 0 Å². The lowest BCUT2D eigenvalue weighted by Crippen LogP contribution is -2.10. The summed E-state index contributed by atoms with van der Waals surface area (Å²) in [6.07, 6.45) is 0. The molecule has 0 nitrogen and oxygen atoms in total. The van der Waals surface area contributed by atoms with Crippen LogP contribution in [0.5, 0.6) is 0 Å². The number of benzene rings is 1. The van der Waals surface area contributed by atoms with E-state index in [4.69, 9.17) is 0 Å². The first-order valence-electron chi connectivity index (χ1n) is 4.06. The van der Waals surface area contributed by atoms with E-state index in [9.17, 15) is 0 Å². The Morgan fingerprint density at radius 3 is 2.33 bits per heavy atom. The van der Waals surface area contributed by atoms with Crippen LogP contribution in [0, 0.1) is 0 Å². The molecular formula is C10H13BrSi. The maximum Gasteiger partial charge on any atom is 0.0782 e. The largest absolute Gasteiger partial charge is 0.0975 e. The fourth-order valence-electron chi connectivity index (χ4n) is 0.942. The minimum Gasteiger partial charge on any atom is -0.0975 e. The average molecular weight is 241 g/mol. The van der Waals surface area contributed by atoms with Crippen molar-refractivity contribution in [3.8, 4) is 0 Å². The van der Waals surface area contributed by atoms with Gasteiger partial charge in [-0.15, -0.1) is 0 Å². The van der Waals surface area contributed by atoms with Gasteiger partial charge >= 0.3 is 0 Å². The van der Waals surface area contributed by atoms with E-state index in [1.807, 2.05) is 0 Å². The molecule has 0 fully saturated rings. The van der Waals surface area contributed by atoms with Gasteiger partial charge in [0, 0.05) is 4.47 Å². The van der Waals surface area contributed by atoms with Gasteiger partial charge in [0.2, 0.25) is 0 Å². The highest BCUT2D eigenvalue weighted by atomic mass is 79.9. The minimum atomic E-state index is -0.158. The Morgan fingerprint density at radius 1 is 1.25 bits per heavy atom. The molecule has 1 aromatic rings. The minimum absolute atomic E-state index is 0.158. The first-order valence-corrected chi connectivity index (χ1v) is 6.38. The molecule has 0 spiro atoms.